The van der Waals surface area contributed by atoms with E-state index < -0.39 is 11.7 Å². The summed E-state index contributed by atoms with van der Waals surface area (Å²) in [5.74, 6) is 1.02. The van der Waals surface area contributed by atoms with Crippen molar-refractivity contribution in [2.75, 3.05) is 13.1 Å². The lowest BCUT2D eigenvalue weighted by atomic mass is 9.83. The molecule has 2 aromatic rings. The van der Waals surface area contributed by atoms with Crippen LogP contribution in [0.25, 0.3) is 0 Å². The van der Waals surface area contributed by atoms with Crippen LogP contribution in [0, 0.1) is 0 Å². The lowest BCUT2D eigenvalue weighted by molar-refractivity contribution is -0.0504. The van der Waals surface area contributed by atoms with E-state index in [9.17, 15) is 9.90 Å². The molecule has 1 saturated carbocycles. The molecule has 8 nitrogen and oxygen atoms in total. The number of aliphatic hydroxyl groups is 1. The smallest absolute Gasteiger partial charge is 0.259 e. The van der Waals surface area contributed by atoms with Gasteiger partial charge in [-0.15, -0.1) is 0 Å². The highest BCUT2D eigenvalue weighted by Gasteiger charge is 2.45. The van der Waals surface area contributed by atoms with Crippen LogP contribution in [0.3, 0.4) is 0 Å². The minimum absolute atomic E-state index is 0.0126. The van der Waals surface area contributed by atoms with Crippen molar-refractivity contribution in [1.29, 1.82) is 0 Å². The molecule has 0 aromatic carbocycles. The van der Waals surface area contributed by atoms with E-state index in [1.54, 1.807) is 10.9 Å². The summed E-state index contributed by atoms with van der Waals surface area (Å²) in [7, 11) is 1.82. The van der Waals surface area contributed by atoms with Gasteiger partial charge in [-0.05, 0) is 12.8 Å². The Labute approximate surface area is 150 Å². The Balaban J connectivity index is 1.30. The number of amides is 1. The van der Waals surface area contributed by atoms with Crippen LogP contribution in [0.15, 0.2) is 17.0 Å². The molecule has 1 spiro atoms. The monoisotopic (exact) mass is 358 g/mol. The van der Waals surface area contributed by atoms with Crippen molar-refractivity contribution in [2.45, 2.75) is 49.7 Å². The molecule has 1 atom stereocenters. The number of aryl methyl sites for hydroxylation is 1. The fraction of sp³-hybridized carbons (Fsp3) is 0.611. The normalized spacial score (nSPS) is 24.4. The van der Waals surface area contributed by atoms with Crippen LogP contribution in [-0.2, 0) is 7.05 Å². The Hall–Kier alpha value is -2.35. The van der Waals surface area contributed by atoms with Gasteiger partial charge in [0.2, 0.25) is 0 Å². The second-order valence-corrected chi connectivity index (χ2v) is 7.74. The molecule has 1 unspecified atom stereocenters. The molecule has 1 aliphatic carbocycles. The van der Waals surface area contributed by atoms with Crippen LogP contribution in [0.5, 0.6) is 5.75 Å². The summed E-state index contributed by atoms with van der Waals surface area (Å²) in [5, 5.41) is 18.8. The first-order valence-electron chi connectivity index (χ1n) is 9.19. The van der Waals surface area contributed by atoms with E-state index in [1.807, 2.05) is 11.9 Å². The van der Waals surface area contributed by atoms with Gasteiger partial charge in [0.05, 0.1) is 11.9 Å². The molecule has 1 saturated heterocycles. The number of ether oxygens (including phenoxy) is 1. The number of likely N-dealkylation sites (tertiary alicyclic amines) is 1. The van der Waals surface area contributed by atoms with Crippen molar-refractivity contribution in [3.8, 4) is 5.75 Å². The molecule has 3 aliphatic rings. The molecule has 8 heteroatoms. The van der Waals surface area contributed by atoms with Crippen molar-refractivity contribution in [1.82, 2.24) is 19.8 Å². The Morgan fingerprint density at radius 3 is 2.81 bits per heavy atom. The molecule has 0 bridgehead atoms. The first-order valence-corrected chi connectivity index (χ1v) is 9.19. The highest BCUT2D eigenvalue weighted by atomic mass is 16.5. The highest BCUT2D eigenvalue weighted by molar-refractivity contribution is 5.95. The molecule has 1 amide bonds. The molecule has 4 heterocycles. The third-order valence-electron chi connectivity index (χ3n) is 5.78. The van der Waals surface area contributed by atoms with E-state index in [2.05, 4.69) is 10.3 Å². The fourth-order valence-corrected chi connectivity index (χ4v) is 4.17. The number of fused-ring (bicyclic) bond motifs is 1. The van der Waals surface area contributed by atoms with Gasteiger partial charge in [-0.3, -0.25) is 9.48 Å². The maximum absolute atomic E-state index is 12.9. The van der Waals surface area contributed by atoms with Gasteiger partial charge in [0.1, 0.15) is 29.2 Å². The van der Waals surface area contributed by atoms with E-state index in [4.69, 9.17) is 9.26 Å². The molecule has 5 rings (SSSR count). The van der Waals surface area contributed by atoms with E-state index in [0.717, 1.165) is 18.5 Å². The van der Waals surface area contributed by atoms with Gasteiger partial charge in [-0.25, -0.2) is 0 Å². The summed E-state index contributed by atoms with van der Waals surface area (Å²) in [5.41, 5.74) is 1.58. The van der Waals surface area contributed by atoms with Gasteiger partial charge >= 0.3 is 0 Å². The minimum atomic E-state index is -0.623. The molecular formula is C18H22N4O4. The average molecular weight is 358 g/mol. The number of aliphatic hydroxyl groups excluding tert-OH is 1. The quantitative estimate of drug-likeness (QED) is 0.879. The van der Waals surface area contributed by atoms with E-state index in [-0.39, 0.29) is 5.91 Å². The Morgan fingerprint density at radius 1 is 1.31 bits per heavy atom. The van der Waals surface area contributed by atoms with Gasteiger partial charge in [0.25, 0.3) is 5.91 Å². The maximum Gasteiger partial charge on any atom is 0.259 e. The molecular weight excluding hydrogens is 336 g/mol. The summed E-state index contributed by atoms with van der Waals surface area (Å²) in [6.45, 7) is 1.19. The fourth-order valence-electron chi connectivity index (χ4n) is 4.17. The number of carbonyl (C=O) groups is 1. The lowest BCUT2D eigenvalue weighted by Crippen LogP contribution is -2.51. The Kier molecular flexibility index (Phi) is 3.40. The number of hydrogen-bond acceptors (Lipinski definition) is 6. The zero-order valence-electron chi connectivity index (χ0n) is 14.7. The Bertz CT molecular complexity index is 845. The van der Waals surface area contributed by atoms with Crippen molar-refractivity contribution >= 4 is 5.91 Å². The summed E-state index contributed by atoms with van der Waals surface area (Å²) < 4.78 is 13.0. The zero-order valence-corrected chi connectivity index (χ0v) is 14.7. The Morgan fingerprint density at radius 2 is 2.08 bits per heavy atom. The third kappa shape index (κ3) is 2.51. The van der Waals surface area contributed by atoms with Crippen LogP contribution in [0.4, 0.5) is 0 Å². The molecule has 138 valence electrons. The molecule has 2 aliphatic heterocycles. The van der Waals surface area contributed by atoms with Crippen LogP contribution in [0.2, 0.25) is 0 Å². The molecule has 2 aromatic heterocycles. The van der Waals surface area contributed by atoms with E-state index >= 15 is 0 Å². The molecule has 0 radical (unpaired) electrons. The van der Waals surface area contributed by atoms with Crippen LogP contribution < -0.4 is 4.74 Å². The number of carbonyl (C=O) groups excluding carboxylic acids is 1. The number of hydrogen-bond donors (Lipinski definition) is 1. The SMILES string of the molecule is Cn1cc2c(n1)C(O)CC1(CCN(C(=O)c3conc3C3CC3)CC1)O2. The maximum atomic E-state index is 12.9. The first-order chi connectivity index (χ1) is 12.5. The number of nitrogens with zero attached hydrogens (tertiary/aromatic N) is 4. The van der Waals surface area contributed by atoms with Gasteiger partial charge in [-0.2, -0.15) is 5.10 Å². The minimum Gasteiger partial charge on any atom is -0.483 e. The van der Waals surface area contributed by atoms with Crippen LogP contribution in [-0.4, -0.2) is 49.5 Å². The predicted octanol–water partition coefficient (Wildman–Crippen LogP) is 1.78. The highest BCUT2D eigenvalue weighted by Crippen LogP contribution is 2.44. The van der Waals surface area contributed by atoms with Gasteiger partial charge in [-0.1, -0.05) is 5.16 Å². The van der Waals surface area contributed by atoms with Crippen molar-refractivity contribution < 1.29 is 19.2 Å². The second kappa shape index (κ2) is 5.57. The summed E-state index contributed by atoms with van der Waals surface area (Å²) in [4.78, 5) is 14.7. The standard InChI is InChI=1S/C18H22N4O4/c1-21-9-14-16(19-21)13(23)8-18(26-14)4-6-22(7-5-18)17(24)12-10-25-20-15(12)11-2-3-11/h9-11,13,23H,2-8H2,1H3. The lowest BCUT2D eigenvalue weighted by Gasteiger charge is -2.44. The van der Waals surface area contributed by atoms with E-state index in [1.165, 1.54) is 6.26 Å². The molecule has 2 fully saturated rings. The van der Waals surface area contributed by atoms with Gasteiger partial charge in [0.15, 0.2) is 5.75 Å². The van der Waals surface area contributed by atoms with Crippen LogP contribution in [0.1, 0.15) is 65.9 Å². The number of rotatable bonds is 2. The van der Waals surface area contributed by atoms with Crippen molar-refractivity contribution in [2.24, 2.45) is 7.05 Å². The zero-order chi connectivity index (χ0) is 17.9. The van der Waals surface area contributed by atoms with Gasteiger partial charge < -0.3 is 19.3 Å². The summed E-state index contributed by atoms with van der Waals surface area (Å²) >= 11 is 0. The van der Waals surface area contributed by atoms with Crippen molar-refractivity contribution in [3.63, 3.8) is 0 Å². The number of piperidine rings is 1. The molecule has 1 N–H and O–H groups in total. The summed E-state index contributed by atoms with van der Waals surface area (Å²) in [6.07, 6.45) is 6.70. The van der Waals surface area contributed by atoms with E-state index in [0.29, 0.717) is 55.3 Å². The largest absolute Gasteiger partial charge is 0.483 e. The van der Waals surface area contributed by atoms with Crippen LogP contribution >= 0.6 is 0 Å². The second-order valence-electron chi connectivity index (χ2n) is 7.74. The topological polar surface area (TPSA) is 93.6 Å². The predicted molar refractivity (Wildman–Crippen MR) is 89.8 cm³/mol. The first kappa shape index (κ1) is 15.9. The van der Waals surface area contributed by atoms with Crippen molar-refractivity contribution in [3.05, 3.63) is 29.4 Å². The average Bonchev–Trinajstić information content (AvgIpc) is 3.21. The summed E-state index contributed by atoms with van der Waals surface area (Å²) in [6, 6.07) is 0. The third-order valence-corrected chi connectivity index (χ3v) is 5.78. The molecule has 26 heavy (non-hydrogen) atoms. The number of aromatic nitrogens is 3. The van der Waals surface area contributed by atoms with Gasteiger partial charge in [0, 0.05) is 45.3 Å².